The number of nitrogens with two attached hydrogens (primary N) is 1. The molecule has 2 nitrogen and oxygen atoms in total. The van der Waals surface area contributed by atoms with E-state index in [0.717, 1.165) is 11.1 Å². The van der Waals surface area contributed by atoms with Crippen molar-refractivity contribution in [2.24, 2.45) is 5.73 Å². The van der Waals surface area contributed by atoms with Gasteiger partial charge in [0.25, 0.3) is 0 Å². The number of hydrogen-bond acceptors (Lipinski definition) is 2. The van der Waals surface area contributed by atoms with Crippen molar-refractivity contribution in [1.82, 2.24) is 0 Å². The van der Waals surface area contributed by atoms with Crippen LogP contribution in [0.25, 0.3) is 0 Å². The molecule has 4 heteroatoms. The topological polar surface area (TPSA) is 35.2 Å². The second kappa shape index (κ2) is 9.74. The summed E-state index contributed by atoms with van der Waals surface area (Å²) in [5.74, 6) is 0. The summed E-state index contributed by atoms with van der Waals surface area (Å²) in [6.07, 6.45) is 3.27. The molecular formula is C19H23Cl2NO. The minimum atomic E-state index is -0.553. The fraction of sp³-hybridized carbons (Fsp3) is 0.263. The van der Waals surface area contributed by atoms with E-state index in [1.807, 2.05) is 42.5 Å². The highest BCUT2D eigenvalue weighted by Crippen LogP contribution is 2.37. The molecular weight excluding hydrogens is 329 g/mol. The Labute approximate surface area is 149 Å². The van der Waals surface area contributed by atoms with Crippen molar-refractivity contribution in [3.05, 3.63) is 83.4 Å². The van der Waals surface area contributed by atoms with E-state index in [9.17, 15) is 0 Å². The van der Waals surface area contributed by atoms with Crippen LogP contribution in [-0.4, -0.2) is 13.2 Å². The van der Waals surface area contributed by atoms with E-state index < -0.39 is 5.60 Å². The lowest BCUT2D eigenvalue weighted by atomic mass is 9.80. The Bertz CT molecular complexity index is 547. The van der Waals surface area contributed by atoms with E-state index in [1.165, 1.54) is 5.54 Å². The van der Waals surface area contributed by atoms with Crippen molar-refractivity contribution < 1.29 is 4.74 Å². The Morgan fingerprint density at radius 2 is 1.52 bits per heavy atom. The number of halogens is 2. The molecule has 1 unspecified atom stereocenters. The van der Waals surface area contributed by atoms with Crippen LogP contribution in [0.3, 0.4) is 0 Å². The fourth-order valence-electron chi connectivity index (χ4n) is 2.81. The van der Waals surface area contributed by atoms with Crippen LogP contribution < -0.4 is 5.73 Å². The number of hydrogen-bond donors (Lipinski definition) is 1. The number of rotatable bonds is 7. The van der Waals surface area contributed by atoms with E-state index in [2.05, 4.69) is 24.3 Å². The van der Waals surface area contributed by atoms with Crippen LogP contribution in [0.1, 0.15) is 24.0 Å². The van der Waals surface area contributed by atoms with Gasteiger partial charge in [0.2, 0.25) is 0 Å². The van der Waals surface area contributed by atoms with Crippen molar-refractivity contribution in [3.8, 4) is 0 Å². The molecule has 0 aromatic heterocycles. The zero-order valence-electron chi connectivity index (χ0n) is 13.2. The summed E-state index contributed by atoms with van der Waals surface area (Å²) in [7, 11) is 1.74. The third-order valence-electron chi connectivity index (χ3n) is 3.91. The van der Waals surface area contributed by atoms with Gasteiger partial charge in [-0.1, -0.05) is 78.3 Å². The van der Waals surface area contributed by atoms with Gasteiger partial charge in [-0.2, -0.15) is 0 Å². The Kier molecular flexibility index (Phi) is 8.35. The van der Waals surface area contributed by atoms with Crippen LogP contribution in [0.4, 0.5) is 0 Å². The molecule has 2 aromatic carbocycles. The first kappa shape index (κ1) is 19.7. The summed E-state index contributed by atoms with van der Waals surface area (Å²) in [6.45, 7) is 0. The highest BCUT2D eigenvalue weighted by Gasteiger charge is 2.35. The summed E-state index contributed by atoms with van der Waals surface area (Å²) in [5, 5.41) is 0. The fourth-order valence-corrected chi connectivity index (χ4v) is 2.92. The van der Waals surface area contributed by atoms with Gasteiger partial charge in [-0.15, -0.1) is 12.4 Å². The monoisotopic (exact) mass is 351 g/mol. The van der Waals surface area contributed by atoms with Crippen LogP contribution in [0.2, 0.25) is 0 Å². The SMILES string of the molecule is COC(CC(N)C/C=C/Cl)(c1ccccc1)c1ccccc1.Cl. The lowest BCUT2D eigenvalue weighted by molar-refractivity contribution is 0.00912. The molecule has 0 amide bonds. The van der Waals surface area contributed by atoms with Gasteiger partial charge in [0.15, 0.2) is 0 Å². The van der Waals surface area contributed by atoms with Crippen molar-refractivity contribution in [2.75, 3.05) is 7.11 Å². The molecule has 0 saturated carbocycles. The average Bonchev–Trinajstić information content (AvgIpc) is 2.59. The molecule has 2 aromatic rings. The lowest BCUT2D eigenvalue weighted by Gasteiger charge is -2.35. The number of ether oxygens (including phenoxy) is 1. The van der Waals surface area contributed by atoms with Crippen LogP contribution >= 0.6 is 24.0 Å². The standard InChI is InChI=1S/C19H22ClNO.ClH/c1-22-19(15-18(21)13-8-14-20,16-9-4-2-5-10-16)17-11-6-3-7-12-17;/h2-12,14,18H,13,15,21H2,1H3;1H/b14-8+;. The van der Waals surface area contributed by atoms with E-state index in [-0.39, 0.29) is 18.4 Å². The van der Waals surface area contributed by atoms with Crippen LogP contribution in [0, 0.1) is 0 Å². The highest BCUT2D eigenvalue weighted by atomic mass is 35.5. The molecule has 0 bridgehead atoms. The van der Waals surface area contributed by atoms with Crippen LogP contribution in [0.15, 0.2) is 72.3 Å². The van der Waals surface area contributed by atoms with Gasteiger partial charge in [0.05, 0.1) is 0 Å². The van der Waals surface area contributed by atoms with E-state index >= 15 is 0 Å². The second-order valence-corrected chi connectivity index (χ2v) is 5.58. The molecule has 0 spiro atoms. The van der Waals surface area contributed by atoms with Gasteiger partial charge in [-0.05, 0) is 17.5 Å². The van der Waals surface area contributed by atoms with Gasteiger partial charge in [0, 0.05) is 25.1 Å². The maximum atomic E-state index is 6.31. The molecule has 124 valence electrons. The quantitative estimate of drug-likeness (QED) is 0.772. The number of benzene rings is 2. The van der Waals surface area contributed by atoms with E-state index in [4.69, 9.17) is 22.1 Å². The predicted octanol–water partition coefficient (Wildman–Crippen LogP) is 4.86. The zero-order valence-corrected chi connectivity index (χ0v) is 14.8. The predicted molar refractivity (Wildman–Crippen MR) is 100 cm³/mol. The molecule has 0 aliphatic heterocycles. The lowest BCUT2D eigenvalue weighted by Crippen LogP contribution is -2.37. The van der Waals surface area contributed by atoms with Gasteiger partial charge < -0.3 is 10.5 Å². The second-order valence-electron chi connectivity index (χ2n) is 5.32. The summed E-state index contributed by atoms with van der Waals surface area (Å²) in [5.41, 5.74) is 9.48. The Morgan fingerprint density at radius 1 is 1.04 bits per heavy atom. The van der Waals surface area contributed by atoms with Gasteiger partial charge >= 0.3 is 0 Å². The average molecular weight is 352 g/mol. The summed E-state index contributed by atoms with van der Waals surface area (Å²) >= 11 is 5.62. The Balaban J connectivity index is 0.00000264. The molecule has 0 aliphatic carbocycles. The first-order chi connectivity index (χ1) is 10.7. The van der Waals surface area contributed by atoms with Crippen molar-refractivity contribution >= 4 is 24.0 Å². The van der Waals surface area contributed by atoms with Crippen LogP contribution in [-0.2, 0) is 10.3 Å². The smallest absolute Gasteiger partial charge is 0.119 e. The molecule has 2 N–H and O–H groups in total. The minimum Gasteiger partial charge on any atom is -0.369 e. The molecule has 0 aliphatic rings. The maximum Gasteiger partial charge on any atom is 0.119 e. The van der Waals surface area contributed by atoms with Gasteiger partial charge in [-0.3, -0.25) is 0 Å². The largest absolute Gasteiger partial charge is 0.369 e. The first-order valence-electron chi connectivity index (χ1n) is 7.40. The molecule has 23 heavy (non-hydrogen) atoms. The summed E-state index contributed by atoms with van der Waals surface area (Å²) < 4.78 is 6.02. The van der Waals surface area contributed by atoms with Gasteiger partial charge in [-0.25, -0.2) is 0 Å². The zero-order chi connectivity index (χ0) is 15.8. The molecule has 0 saturated heterocycles. The number of methoxy groups -OCH3 is 1. The minimum absolute atomic E-state index is 0. The van der Waals surface area contributed by atoms with E-state index in [0.29, 0.717) is 12.8 Å². The van der Waals surface area contributed by atoms with Crippen molar-refractivity contribution in [1.29, 1.82) is 0 Å². The molecule has 0 radical (unpaired) electrons. The first-order valence-corrected chi connectivity index (χ1v) is 7.83. The van der Waals surface area contributed by atoms with Gasteiger partial charge in [0.1, 0.15) is 5.60 Å². The molecule has 0 heterocycles. The maximum absolute atomic E-state index is 6.31. The molecule has 1 atom stereocenters. The molecule has 0 fully saturated rings. The normalized spacial score (nSPS) is 12.8. The van der Waals surface area contributed by atoms with Crippen molar-refractivity contribution in [3.63, 3.8) is 0 Å². The highest BCUT2D eigenvalue weighted by molar-refractivity contribution is 6.25. The van der Waals surface area contributed by atoms with Crippen LogP contribution in [0.5, 0.6) is 0 Å². The Hall–Kier alpha value is -1.32. The summed E-state index contributed by atoms with van der Waals surface area (Å²) in [4.78, 5) is 0. The third-order valence-corrected chi connectivity index (χ3v) is 4.08. The Morgan fingerprint density at radius 3 is 1.91 bits per heavy atom. The summed E-state index contributed by atoms with van der Waals surface area (Å²) in [6, 6.07) is 20.4. The molecule has 2 rings (SSSR count). The third kappa shape index (κ3) is 4.82. The van der Waals surface area contributed by atoms with E-state index in [1.54, 1.807) is 7.11 Å². The van der Waals surface area contributed by atoms with Crippen molar-refractivity contribution in [2.45, 2.75) is 24.5 Å².